The van der Waals surface area contributed by atoms with Crippen LogP contribution in [0.25, 0.3) is 33.2 Å². The monoisotopic (exact) mass is 585 g/mol. The van der Waals surface area contributed by atoms with Gasteiger partial charge < -0.3 is 14.0 Å². The smallest absolute Gasteiger partial charge is 0.422 e. The number of benzene rings is 4. The molecule has 1 aromatic heterocycles. The molecule has 0 radical (unpaired) electrons. The molecule has 9 heteroatoms. The fourth-order valence-corrected chi connectivity index (χ4v) is 4.99. The Labute approximate surface area is 239 Å². The largest absolute Gasteiger partial charge is 0.489 e. The Bertz CT molecular complexity index is 1640. The van der Waals surface area contributed by atoms with E-state index in [0.717, 1.165) is 27.5 Å². The van der Waals surface area contributed by atoms with Crippen molar-refractivity contribution in [2.45, 2.75) is 32.5 Å². The minimum Gasteiger partial charge on any atom is -0.489 e. The average molecular weight is 586 g/mol. The summed E-state index contributed by atoms with van der Waals surface area (Å²) in [7, 11) is 0. The van der Waals surface area contributed by atoms with E-state index >= 15 is 0 Å². The Balaban J connectivity index is 1.38. The predicted molar refractivity (Wildman–Crippen MR) is 151 cm³/mol. The van der Waals surface area contributed by atoms with Crippen LogP contribution in [0.3, 0.4) is 0 Å². The Morgan fingerprint density at radius 2 is 1.45 bits per heavy atom. The van der Waals surface area contributed by atoms with Gasteiger partial charge in [0.05, 0.1) is 15.6 Å². The van der Waals surface area contributed by atoms with Gasteiger partial charge in [-0.1, -0.05) is 78.6 Å². The molecule has 1 heterocycles. The number of fused-ring (bicyclic) bond motifs is 1. The lowest BCUT2D eigenvalue weighted by Crippen LogP contribution is -2.19. The molecule has 0 aliphatic rings. The second-order valence-corrected chi connectivity index (χ2v) is 10.4. The number of hydrogen-bond donors (Lipinski definition) is 0. The molecule has 0 amide bonds. The lowest BCUT2D eigenvalue weighted by molar-refractivity contribution is -0.153. The maximum absolute atomic E-state index is 12.5. The first-order chi connectivity index (χ1) is 19.1. The number of rotatable bonds is 8. The first kappa shape index (κ1) is 27.9. The number of halogens is 5. The molecule has 4 aromatic carbocycles. The predicted octanol–water partition coefficient (Wildman–Crippen LogP) is 10.1. The SMILES string of the molecule is CC(C)c1onc(-c2c(Cl)cccc2Cl)c1COc1ccc2cc(-c3cccc(OCC(F)(F)F)c3)ccc2c1. The van der Waals surface area contributed by atoms with Crippen molar-refractivity contribution >= 4 is 34.0 Å². The van der Waals surface area contributed by atoms with Gasteiger partial charge in [0, 0.05) is 11.5 Å². The van der Waals surface area contributed by atoms with Crippen molar-refractivity contribution in [2.24, 2.45) is 0 Å². The van der Waals surface area contributed by atoms with Crippen LogP contribution in [0.4, 0.5) is 13.2 Å². The van der Waals surface area contributed by atoms with Crippen LogP contribution >= 0.6 is 23.2 Å². The number of ether oxygens (including phenoxy) is 2. The molecule has 206 valence electrons. The van der Waals surface area contributed by atoms with Crippen LogP contribution in [-0.2, 0) is 6.61 Å². The van der Waals surface area contributed by atoms with Crippen LogP contribution in [0.1, 0.15) is 31.1 Å². The molecule has 5 aromatic rings. The van der Waals surface area contributed by atoms with Crippen molar-refractivity contribution in [3.05, 3.63) is 100 Å². The van der Waals surface area contributed by atoms with Crippen LogP contribution < -0.4 is 9.47 Å². The second kappa shape index (κ2) is 11.4. The quantitative estimate of drug-likeness (QED) is 0.182. The minimum atomic E-state index is -4.40. The van der Waals surface area contributed by atoms with E-state index < -0.39 is 12.8 Å². The molecule has 4 nitrogen and oxygen atoms in total. The summed E-state index contributed by atoms with van der Waals surface area (Å²) < 4.78 is 54.4. The summed E-state index contributed by atoms with van der Waals surface area (Å²) in [4.78, 5) is 0. The molecular weight excluding hydrogens is 562 g/mol. The molecule has 0 aliphatic carbocycles. The first-order valence-corrected chi connectivity index (χ1v) is 13.2. The molecule has 5 rings (SSSR count). The van der Waals surface area contributed by atoms with Crippen molar-refractivity contribution < 1.29 is 27.2 Å². The molecule has 0 unspecified atom stereocenters. The van der Waals surface area contributed by atoms with Crippen molar-refractivity contribution in [2.75, 3.05) is 6.61 Å². The van der Waals surface area contributed by atoms with E-state index in [-0.39, 0.29) is 18.3 Å². The molecular formula is C31H24Cl2F3NO3. The molecule has 0 saturated carbocycles. The van der Waals surface area contributed by atoms with E-state index in [4.69, 9.17) is 37.2 Å². The Morgan fingerprint density at radius 3 is 2.17 bits per heavy atom. The van der Waals surface area contributed by atoms with E-state index in [2.05, 4.69) is 5.16 Å². The summed E-state index contributed by atoms with van der Waals surface area (Å²) in [5, 5.41) is 7.10. The summed E-state index contributed by atoms with van der Waals surface area (Å²) in [5.74, 6) is 1.56. The van der Waals surface area contributed by atoms with Crippen molar-refractivity contribution in [1.29, 1.82) is 0 Å². The van der Waals surface area contributed by atoms with Crippen molar-refractivity contribution in [3.63, 3.8) is 0 Å². The van der Waals surface area contributed by atoms with E-state index in [9.17, 15) is 13.2 Å². The van der Waals surface area contributed by atoms with Gasteiger partial charge in [-0.3, -0.25) is 0 Å². The molecule has 0 fully saturated rings. The average Bonchev–Trinajstić information content (AvgIpc) is 3.34. The number of aromatic nitrogens is 1. The third-order valence-electron chi connectivity index (χ3n) is 6.31. The van der Waals surface area contributed by atoms with E-state index in [1.54, 1.807) is 30.3 Å². The number of hydrogen-bond acceptors (Lipinski definition) is 4. The fraction of sp³-hybridized carbons (Fsp3) is 0.194. The highest BCUT2D eigenvalue weighted by Gasteiger charge is 2.28. The van der Waals surface area contributed by atoms with Crippen LogP contribution in [0.2, 0.25) is 10.0 Å². The Hall–Kier alpha value is -3.68. The van der Waals surface area contributed by atoms with Gasteiger partial charge in [0.15, 0.2) is 6.61 Å². The van der Waals surface area contributed by atoms with Gasteiger partial charge in [-0.05, 0) is 64.4 Å². The van der Waals surface area contributed by atoms with Gasteiger partial charge in [-0.2, -0.15) is 13.2 Å². The summed E-state index contributed by atoms with van der Waals surface area (Å²) in [6.07, 6.45) is -4.40. The third kappa shape index (κ3) is 6.21. The third-order valence-corrected chi connectivity index (χ3v) is 6.94. The van der Waals surface area contributed by atoms with Crippen molar-refractivity contribution in [3.8, 4) is 33.9 Å². The number of alkyl halides is 3. The van der Waals surface area contributed by atoms with Gasteiger partial charge in [0.2, 0.25) is 0 Å². The molecule has 0 saturated heterocycles. The normalized spacial score (nSPS) is 11.8. The highest BCUT2D eigenvalue weighted by molar-refractivity contribution is 6.39. The minimum absolute atomic E-state index is 0.0634. The molecule has 0 N–H and O–H groups in total. The second-order valence-electron chi connectivity index (χ2n) is 9.57. The molecule has 0 atom stereocenters. The summed E-state index contributed by atoms with van der Waals surface area (Å²) in [6, 6.07) is 23.4. The molecule has 40 heavy (non-hydrogen) atoms. The zero-order valence-electron chi connectivity index (χ0n) is 21.6. The van der Waals surface area contributed by atoms with Gasteiger partial charge >= 0.3 is 6.18 Å². The Kier molecular flexibility index (Phi) is 7.97. The van der Waals surface area contributed by atoms with E-state index in [1.165, 1.54) is 6.07 Å². The standard InChI is InChI=1S/C31H24Cl2F3NO3/c1-18(2)30-25(29(37-40-30)28-26(32)7-4-8-27(28)33)16-38-24-12-11-21-13-20(9-10-22(21)15-24)19-5-3-6-23(14-19)39-17-31(34,35)36/h3-15,18H,16-17H2,1-2H3. The van der Waals surface area contributed by atoms with E-state index in [1.807, 2.05) is 56.3 Å². The molecule has 0 aliphatic heterocycles. The first-order valence-electron chi connectivity index (χ1n) is 12.5. The van der Waals surface area contributed by atoms with Crippen LogP contribution in [0.15, 0.2) is 83.4 Å². The maximum Gasteiger partial charge on any atom is 0.422 e. The zero-order valence-corrected chi connectivity index (χ0v) is 23.1. The summed E-state index contributed by atoms with van der Waals surface area (Å²) >= 11 is 12.9. The molecule has 0 spiro atoms. The lowest BCUT2D eigenvalue weighted by Gasteiger charge is -2.12. The highest BCUT2D eigenvalue weighted by atomic mass is 35.5. The van der Waals surface area contributed by atoms with Gasteiger partial charge in [0.25, 0.3) is 0 Å². The fourth-order valence-electron chi connectivity index (χ4n) is 4.41. The summed E-state index contributed by atoms with van der Waals surface area (Å²) in [6.45, 7) is 2.88. The van der Waals surface area contributed by atoms with Crippen LogP contribution in [-0.4, -0.2) is 17.9 Å². The van der Waals surface area contributed by atoms with Crippen LogP contribution in [0.5, 0.6) is 11.5 Å². The van der Waals surface area contributed by atoms with Gasteiger partial charge in [-0.15, -0.1) is 0 Å². The van der Waals surface area contributed by atoms with Crippen molar-refractivity contribution in [1.82, 2.24) is 5.16 Å². The topological polar surface area (TPSA) is 44.5 Å². The molecule has 0 bridgehead atoms. The maximum atomic E-state index is 12.5. The highest BCUT2D eigenvalue weighted by Crippen LogP contribution is 2.39. The van der Waals surface area contributed by atoms with Gasteiger partial charge in [0.1, 0.15) is 29.6 Å². The van der Waals surface area contributed by atoms with E-state index in [0.29, 0.717) is 32.8 Å². The summed E-state index contributed by atoms with van der Waals surface area (Å²) in [5.41, 5.74) is 3.52. The Morgan fingerprint density at radius 1 is 0.800 bits per heavy atom. The van der Waals surface area contributed by atoms with Crippen LogP contribution in [0, 0.1) is 0 Å². The zero-order chi connectivity index (χ0) is 28.4. The lowest BCUT2D eigenvalue weighted by atomic mass is 10.0. The van der Waals surface area contributed by atoms with Gasteiger partial charge in [-0.25, -0.2) is 0 Å². The number of nitrogens with zero attached hydrogens (tertiary/aromatic N) is 1.